The third kappa shape index (κ3) is 4.95. The van der Waals surface area contributed by atoms with Crippen LogP contribution in [0.15, 0.2) is 48.5 Å². The van der Waals surface area contributed by atoms with E-state index in [0.717, 1.165) is 5.56 Å². The predicted octanol–water partition coefficient (Wildman–Crippen LogP) is 3.57. The summed E-state index contributed by atoms with van der Waals surface area (Å²) in [7, 11) is 0. The Hall–Kier alpha value is -2.66. The zero-order valence-electron chi connectivity index (χ0n) is 15.1. The molecule has 1 saturated heterocycles. The Morgan fingerprint density at radius 2 is 1.93 bits per heavy atom. The summed E-state index contributed by atoms with van der Waals surface area (Å²) in [6.45, 7) is 2.47. The SMILES string of the molecule is CC(=O)c1ccc(NC(=O)C2CC(=O)N(CCc3cccc(Cl)c3)C2)cc1. The largest absolute Gasteiger partial charge is 0.342 e. The zero-order valence-corrected chi connectivity index (χ0v) is 15.8. The van der Waals surface area contributed by atoms with Gasteiger partial charge in [0.15, 0.2) is 5.78 Å². The Morgan fingerprint density at radius 1 is 1.19 bits per heavy atom. The first-order valence-electron chi connectivity index (χ1n) is 8.86. The van der Waals surface area contributed by atoms with Gasteiger partial charge in [-0.25, -0.2) is 0 Å². The number of rotatable bonds is 6. The Kier molecular flexibility index (Phi) is 5.91. The molecule has 3 rings (SSSR count). The van der Waals surface area contributed by atoms with Gasteiger partial charge in [-0.2, -0.15) is 0 Å². The fourth-order valence-electron chi connectivity index (χ4n) is 3.15. The van der Waals surface area contributed by atoms with Crippen molar-refractivity contribution in [1.82, 2.24) is 4.90 Å². The van der Waals surface area contributed by atoms with E-state index in [1.54, 1.807) is 29.2 Å². The second-order valence-electron chi connectivity index (χ2n) is 6.74. The molecule has 0 spiro atoms. The number of carbonyl (C=O) groups excluding carboxylic acids is 3. The summed E-state index contributed by atoms with van der Waals surface area (Å²) >= 11 is 5.99. The number of hydrogen-bond acceptors (Lipinski definition) is 3. The molecule has 5 nitrogen and oxygen atoms in total. The lowest BCUT2D eigenvalue weighted by Crippen LogP contribution is -2.30. The van der Waals surface area contributed by atoms with Crippen molar-refractivity contribution in [3.63, 3.8) is 0 Å². The van der Waals surface area contributed by atoms with Gasteiger partial charge < -0.3 is 10.2 Å². The quantitative estimate of drug-likeness (QED) is 0.774. The number of nitrogens with zero attached hydrogens (tertiary/aromatic N) is 1. The number of anilines is 1. The van der Waals surface area contributed by atoms with Gasteiger partial charge in [-0.05, 0) is 55.3 Å². The summed E-state index contributed by atoms with van der Waals surface area (Å²) in [5.74, 6) is -0.581. The Labute approximate surface area is 163 Å². The molecule has 1 fully saturated rings. The van der Waals surface area contributed by atoms with Crippen molar-refractivity contribution in [2.24, 2.45) is 5.92 Å². The lowest BCUT2D eigenvalue weighted by molar-refractivity contribution is -0.128. The first kappa shape index (κ1) is 19.1. The molecule has 27 heavy (non-hydrogen) atoms. The molecule has 6 heteroatoms. The molecule has 1 aliphatic heterocycles. The van der Waals surface area contributed by atoms with Crippen LogP contribution in [0.2, 0.25) is 5.02 Å². The van der Waals surface area contributed by atoms with Crippen LogP contribution in [0.3, 0.4) is 0 Å². The minimum Gasteiger partial charge on any atom is -0.342 e. The molecule has 1 N–H and O–H groups in total. The first-order chi connectivity index (χ1) is 12.9. The van der Waals surface area contributed by atoms with Crippen molar-refractivity contribution in [1.29, 1.82) is 0 Å². The highest BCUT2D eigenvalue weighted by Gasteiger charge is 2.34. The summed E-state index contributed by atoms with van der Waals surface area (Å²) in [4.78, 5) is 37.7. The number of Topliss-reactive ketones (excluding diaryl/α,β-unsaturated/α-hetero) is 1. The summed E-state index contributed by atoms with van der Waals surface area (Å²) in [6, 6.07) is 14.3. The van der Waals surface area contributed by atoms with E-state index >= 15 is 0 Å². The van der Waals surface area contributed by atoms with Crippen LogP contribution < -0.4 is 5.32 Å². The smallest absolute Gasteiger partial charge is 0.229 e. The third-order valence-electron chi connectivity index (χ3n) is 4.70. The van der Waals surface area contributed by atoms with E-state index in [2.05, 4.69) is 5.32 Å². The molecule has 0 aromatic heterocycles. The minimum absolute atomic E-state index is 0.0101. The number of benzene rings is 2. The van der Waals surface area contributed by atoms with E-state index in [0.29, 0.717) is 35.8 Å². The molecular weight excluding hydrogens is 364 g/mol. The molecule has 0 saturated carbocycles. The summed E-state index contributed by atoms with van der Waals surface area (Å²) in [5.41, 5.74) is 2.28. The van der Waals surface area contributed by atoms with Crippen molar-refractivity contribution < 1.29 is 14.4 Å². The van der Waals surface area contributed by atoms with Gasteiger partial charge in [0, 0.05) is 35.8 Å². The standard InChI is InChI=1S/C21H21ClN2O3/c1-14(25)16-5-7-19(8-6-16)23-21(27)17-12-20(26)24(13-17)10-9-15-3-2-4-18(22)11-15/h2-8,11,17H,9-10,12-13H2,1H3,(H,23,27). The fraction of sp³-hybridized carbons (Fsp3) is 0.286. The van der Waals surface area contributed by atoms with Crippen molar-refractivity contribution in [2.45, 2.75) is 19.8 Å². The van der Waals surface area contributed by atoms with E-state index in [4.69, 9.17) is 11.6 Å². The summed E-state index contributed by atoms with van der Waals surface area (Å²) < 4.78 is 0. The minimum atomic E-state index is -0.371. The van der Waals surface area contributed by atoms with Crippen molar-refractivity contribution in [3.05, 3.63) is 64.7 Å². The molecule has 1 aliphatic rings. The molecule has 1 atom stereocenters. The van der Waals surface area contributed by atoms with E-state index < -0.39 is 0 Å². The van der Waals surface area contributed by atoms with Gasteiger partial charge in [-0.3, -0.25) is 14.4 Å². The van der Waals surface area contributed by atoms with E-state index in [-0.39, 0.29) is 29.9 Å². The Bertz CT molecular complexity index is 864. The lowest BCUT2D eigenvalue weighted by Gasteiger charge is -2.16. The maximum atomic E-state index is 12.5. The molecule has 2 amide bonds. The molecule has 0 bridgehead atoms. The van der Waals surface area contributed by atoms with Gasteiger partial charge in [-0.15, -0.1) is 0 Å². The van der Waals surface area contributed by atoms with Crippen molar-refractivity contribution in [3.8, 4) is 0 Å². The van der Waals surface area contributed by atoms with Crippen LogP contribution in [0.5, 0.6) is 0 Å². The second kappa shape index (κ2) is 8.35. The number of hydrogen-bond donors (Lipinski definition) is 1. The van der Waals surface area contributed by atoms with Gasteiger partial charge in [0.2, 0.25) is 11.8 Å². The van der Waals surface area contributed by atoms with Gasteiger partial charge in [0.1, 0.15) is 0 Å². The number of amides is 2. The van der Waals surface area contributed by atoms with Crippen LogP contribution in [-0.4, -0.2) is 35.6 Å². The summed E-state index contributed by atoms with van der Waals surface area (Å²) in [6.07, 6.45) is 0.917. The van der Waals surface area contributed by atoms with Crippen molar-refractivity contribution >= 4 is 34.9 Å². The molecule has 2 aromatic carbocycles. The third-order valence-corrected chi connectivity index (χ3v) is 4.94. The monoisotopic (exact) mass is 384 g/mol. The van der Waals surface area contributed by atoms with Crippen LogP contribution in [0.25, 0.3) is 0 Å². The average molecular weight is 385 g/mol. The van der Waals surface area contributed by atoms with Crippen LogP contribution >= 0.6 is 11.6 Å². The first-order valence-corrected chi connectivity index (χ1v) is 9.24. The average Bonchev–Trinajstić information content (AvgIpc) is 3.01. The highest BCUT2D eigenvalue weighted by Crippen LogP contribution is 2.21. The van der Waals surface area contributed by atoms with E-state index in [9.17, 15) is 14.4 Å². The highest BCUT2D eigenvalue weighted by atomic mass is 35.5. The number of carbonyl (C=O) groups is 3. The van der Waals surface area contributed by atoms with Crippen LogP contribution in [0, 0.1) is 5.92 Å². The number of ketones is 1. The van der Waals surface area contributed by atoms with E-state index in [1.165, 1.54) is 6.92 Å². The zero-order chi connectivity index (χ0) is 19.4. The van der Waals surface area contributed by atoms with Gasteiger partial charge in [0.25, 0.3) is 0 Å². The highest BCUT2D eigenvalue weighted by molar-refractivity contribution is 6.30. The van der Waals surface area contributed by atoms with Gasteiger partial charge >= 0.3 is 0 Å². The molecule has 2 aromatic rings. The number of likely N-dealkylation sites (tertiary alicyclic amines) is 1. The van der Waals surface area contributed by atoms with Crippen molar-refractivity contribution in [2.75, 3.05) is 18.4 Å². The second-order valence-corrected chi connectivity index (χ2v) is 7.18. The molecule has 140 valence electrons. The molecule has 0 radical (unpaired) electrons. The van der Waals surface area contributed by atoms with Crippen LogP contribution in [-0.2, 0) is 16.0 Å². The van der Waals surface area contributed by atoms with Gasteiger partial charge in [0.05, 0.1) is 5.92 Å². The Morgan fingerprint density at radius 3 is 2.59 bits per heavy atom. The topological polar surface area (TPSA) is 66.5 Å². The molecule has 1 heterocycles. The summed E-state index contributed by atoms with van der Waals surface area (Å²) in [5, 5.41) is 3.50. The fourth-order valence-corrected chi connectivity index (χ4v) is 3.37. The predicted molar refractivity (Wildman–Crippen MR) is 105 cm³/mol. The van der Waals surface area contributed by atoms with E-state index in [1.807, 2.05) is 24.3 Å². The van der Waals surface area contributed by atoms with Crippen LogP contribution in [0.1, 0.15) is 29.3 Å². The number of halogens is 1. The lowest BCUT2D eigenvalue weighted by atomic mass is 10.1. The maximum Gasteiger partial charge on any atom is 0.229 e. The maximum absolute atomic E-state index is 12.5. The van der Waals surface area contributed by atoms with Crippen LogP contribution in [0.4, 0.5) is 5.69 Å². The molecule has 1 unspecified atom stereocenters. The normalized spacial score (nSPS) is 16.4. The Balaban J connectivity index is 1.54. The number of nitrogens with one attached hydrogen (secondary N) is 1. The molecular formula is C21H21ClN2O3. The molecule has 0 aliphatic carbocycles. The van der Waals surface area contributed by atoms with Gasteiger partial charge in [-0.1, -0.05) is 23.7 Å².